The summed E-state index contributed by atoms with van der Waals surface area (Å²) in [4.78, 5) is 11.1. The number of rotatable bonds is 4. The van der Waals surface area contributed by atoms with Crippen molar-refractivity contribution in [2.45, 2.75) is 57.7 Å². The maximum Gasteiger partial charge on any atom is 0.416 e. The van der Waals surface area contributed by atoms with Crippen LogP contribution < -0.4 is 4.74 Å². The van der Waals surface area contributed by atoms with Crippen LogP contribution in [-0.4, -0.2) is 13.1 Å². The van der Waals surface area contributed by atoms with Crippen LogP contribution in [0.1, 0.15) is 72.6 Å². The molecule has 243 valence electrons. The molecule has 0 amide bonds. The van der Waals surface area contributed by atoms with Crippen molar-refractivity contribution in [3.8, 4) is 16.9 Å². The molecular formula is C31H27F10O3Y-. The zero-order chi connectivity index (χ0) is 33.4. The zero-order valence-corrected chi connectivity index (χ0v) is 27.2. The predicted octanol–water partition coefficient (Wildman–Crippen LogP) is 10.2. The Kier molecular flexibility index (Phi) is 12.2. The second-order valence-electron chi connectivity index (χ2n) is 10.5. The van der Waals surface area contributed by atoms with Crippen molar-refractivity contribution in [3.05, 3.63) is 94.7 Å². The Hall–Kier alpha value is -2.80. The quantitative estimate of drug-likeness (QED) is 0.153. The smallest absolute Gasteiger partial charge is 0.416 e. The van der Waals surface area contributed by atoms with E-state index in [9.17, 15) is 48.7 Å². The molecule has 1 fully saturated rings. The maximum atomic E-state index is 14.1. The number of carbonyl (C=O) groups is 1. The number of ether oxygens (including phenoxy) is 2. The van der Waals surface area contributed by atoms with Gasteiger partial charge in [-0.1, -0.05) is 32.9 Å². The molecule has 1 radical (unpaired) electrons. The summed E-state index contributed by atoms with van der Waals surface area (Å²) in [5.74, 6) is -1.34. The van der Waals surface area contributed by atoms with Gasteiger partial charge in [0, 0.05) is 44.7 Å². The van der Waals surface area contributed by atoms with E-state index in [2.05, 4.69) is 6.92 Å². The van der Waals surface area contributed by atoms with Gasteiger partial charge in [-0.3, -0.25) is 4.79 Å². The Morgan fingerprint density at radius 1 is 0.822 bits per heavy atom. The van der Waals surface area contributed by atoms with Crippen LogP contribution in [0, 0.1) is 18.7 Å². The third-order valence-electron chi connectivity index (χ3n) is 6.87. The number of esters is 1. The summed E-state index contributed by atoms with van der Waals surface area (Å²) in [7, 11) is 1.39. The van der Waals surface area contributed by atoms with E-state index >= 15 is 0 Å². The van der Waals surface area contributed by atoms with Crippen molar-refractivity contribution in [3.63, 3.8) is 0 Å². The molecule has 1 heterocycles. The summed E-state index contributed by atoms with van der Waals surface area (Å²) in [5.41, 5.74) is -2.20. The van der Waals surface area contributed by atoms with Gasteiger partial charge in [-0.2, -0.15) is 58.1 Å². The molecule has 14 heteroatoms. The molecule has 0 unspecified atom stereocenters. The minimum Gasteiger partial charge on any atom is -0.497 e. The van der Waals surface area contributed by atoms with Crippen LogP contribution in [0.5, 0.6) is 5.75 Å². The molecule has 3 aromatic carbocycles. The SMILES string of the molecule is C[C@@H]1CC(=O)O[C@@H]1c1cc(C(F)(F)F)cc(C(F)(F)F)c1.[CH2-]c1cc(C(F)(F)F)ccc1-c1cc(C(C)C)c(F)cc1OC.[Y]. The average molecular weight is 726 g/mol. The van der Waals surface area contributed by atoms with Gasteiger partial charge >= 0.3 is 24.5 Å². The van der Waals surface area contributed by atoms with Crippen LogP contribution >= 0.6 is 0 Å². The number of halogens is 10. The summed E-state index contributed by atoms with van der Waals surface area (Å²) in [6.45, 7) is 8.90. The number of carbonyl (C=O) groups excluding carboxylic acids is 1. The number of methoxy groups -OCH3 is 1. The minimum absolute atomic E-state index is 0. The van der Waals surface area contributed by atoms with E-state index in [1.807, 2.05) is 13.8 Å². The fourth-order valence-corrected chi connectivity index (χ4v) is 4.64. The fraction of sp³-hybridized carbons (Fsp3) is 0.355. The molecular weight excluding hydrogens is 699 g/mol. The summed E-state index contributed by atoms with van der Waals surface area (Å²) >= 11 is 0. The Morgan fingerprint density at radius 2 is 1.36 bits per heavy atom. The second kappa shape index (κ2) is 14.3. The number of hydrogen-bond acceptors (Lipinski definition) is 3. The molecule has 0 aliphatic carbocycles. The predicted molar refractivity (Wildman–Crippen MR) is 141 cm³/mol. The van der Waals surface area contributed by atoms with Crippen LogP contribution in [-0.2, 0) is 60.8 Å². The third-order valence-corrected chi connectivity index (χ3v) is 6.87. The van der Waals surface area contributed by atoms with Crippen molar-refractivity contribution in [2.75, 3.05) is 7.11 Å². The van der Waals surface area contributed by atoms with E-state index < -0.39 is 59.0 Å². The van der Waals surface area contributed by atoms with Gasteiger partial charge in [0.25, 0.3) is 0 Å². The average Bonchev–Trinajstić information content (AvgIpc) is 3.24. The molecule has 1 aliphatic rings. The van der Waals surface area contributed by atoms with Crippen molar-refractivity contribution < 1.29 is 90.9 Å². The molecule has 3 nitrogen and oxygen atoms in total. The standard InChI is InChI=1S/C18H17F4O.C13H10F6O2.Y/c1-10(2)14-8-15(17(23-4)9-16(14)19)13-6-5-12(7-11(13)3)18(20,21)22;1-6-2-10(20)21-11(6)7-3-8(12(14,15)16)5-9(4-7)13(17,18)19;/h5-10H,3H2,1-2,4H3;3-6,11H,2H2,1H3;/q-1;;/t;6-,11+;/m.1./s1. The van der Waals surface area contributed by atoms with Crippen LogP contribution in [0.2, 0.25) is 0 Å². The number of hydrogen-bond donors (Lipinski definition) is 0. The molecule has 3 aromatic rings. The number of benzene rings is 3. The molecule has 45 heavy (non-hydrogen) atoms. The van der Waals surface area contributed by atoms with Crippen LogP contribution in [0.4, 0.5) is 43.9 Å². The fourth-order valence-electron chi connectivity index (χ4n) is 4.64. The van der Waals surface area contributed by atoms with Gasteiger partial charge in [-0.15, -0.1) is 11.6 Å². The molecule has 0 N–H and O–H groups in total. The minimum atomic E-state index is -4.91. The molecule has 1 saturated heterocycles. The second-order valence-corrected chi connectivity index (χ2v) is 10.5. The van der Waals surface area contributed by atoms with Gasteiger partial charge in [0.2, 0.25) is 0 Å². The number of cyclic esters (lactones) is 1. The molecule has 0 bridgehead atoms. The van der Waals surface area contributed by atoms with Gasteiger partial charge in [-0.05, 0) is 46.4 Å². The van der Waals surface area contributed by atoms with E-state index in [1.165, 1.54) is 26.2 Å². The van der Waals surface area contributed by atoms with Crippen LogP contribution in [0.25, 0.3) is 11.1 Å². The molecule has 4 rings (SSSR count). The van der Waals surface area contributed by atoms with Crippen molar-refractivity contribution in [1.82, 2.24) is 0 Å². The molecule has 0 aromatic heterocycles. The summed E-state index contributed by atoms with van der Waals surface area (Å²) in [6.07, 6.45) is -15.4. The molecule has 2 atom stereocenters. The Bertz CT molecular complexity index is 1480. The van der Waals surface area contributed by atoms with Gasteiger partial charge in [0.1, 0.15) is 17.7 Å². The monoisotopic (exact) mass is 726 g/mol. The van der Waals surface area contributed by atoms with Crippen molar-refractivity contribution in [1.29, 1.82) is 0 Å². The molecule has 1 aliphatic heterocycles. The topological polar surface area (TPSA) is 35.5 Å². The largest absolute Gasteiger partial charge is 0.497 e. The summed E-state index contributed by atoms with van der Waals surface area (Å²) in [6, 6.07) is 7.40. The van der Waals surface area contributed by atoms with E-state index in [0.29, 0.717) is 28.8 Å². The zero-order valence-electron chi connectivity index (χ0n) is 24.3. The Balaban J connectivity index is 0.000000308. The van der Waals surface area contributed by atoms with Gasteiger partial charge in [0.05, 0.1) is 24.7 Å². The summed E-state index contributed by atoms with van der Waals surface area (Å²) in [5, 5.41) is 0. The van der Waals surface area contributed by atoms with Gasteiger partial charge in [0.15, 0.2) is 0 Å². The van der Waals surface area contributed by atoms with Gasteiger partial charge < -0.3 is 9.47 Å². The molecule has 0 spiro atoms. The molecule has 0 saturated carbocycles. The number of alkyl halides is 9. The Labute approximate surface area is 278 Å². The van der Waals surface area contributed by atoms with Crippen LogP contribution in [0.3, 0.4) is 0 Å². The van der Waals surface area contributed by atoms with E-state index in [0.717, 1.165) is 12.1 Å². The van der Waals surface area contributed by atoms with Crippen molar-refractivity contribution in [2.24, 2.45) is 5.92 Å². The van der Waals surface area contributed by atoms with Crippen LogP contribution in [0.15, 0.2) is 48.5 Å². The third kappa shape index (κ3) is 9.37. The Morgan fingerprint density at radius 3 is 1.76 bits per heavy atom. The van der Waals surface area contributed by atoms with E-state index in [4.69, 9.17) is 9.47 Å². The normalized spacial score (nSPS) is 16.9. The van der Waals surface area contributed by atoms with E-state index in [-0.39, 0.29) is 68.0 Å². The first-order chi connectivity index (χ1) is 20.1. The van der Waals surface area contributed by atoms with E-state index in [1.54, 1.807) is 6.07 Å². The first-order valence-electron chi connectivity index (χ1n) is 13.0. The first kappa shape index (κ1) is 38.4. The van der Waals surface area contributed by atoms with Crippen molar-refractivity contribution >= 4 is 5.97 Å². The maximum absolute atomic E-state index is 14.1. The van der Waals surface area contributed by atoms with Gasteiger partial charge in [-0.25, -0.2) is 4.39 Å². The summed E-state index contributed by atoms with van der Waals surface area (Å²) < 4.78 is 139. The first-order valence-corrected chi connectivity index (χ1v) is 13.0.